The van der Waals surface area contributed by atoms with Gasteiger partial charge in [-0.15, -0.1) is 0 Å². The van der Waals surface area contributed by atoms with Crippen molar-refractivity contribution in [3.63, 3.8) is 0 Å². The molecule has 2 rings (SSSR count). The van der Waals surface area contributed by atoms with Crippen LogP contribution in [0.2, 0.25) is 0 Å². The Hall–Kier alpha value is -1.44. The van der Waals surface area contributed by atoms with Crippen molar-refractivity contribution in [1.29, 1.82) is 5.26 Å². The topological polar surface area (TPSA) is 39.1 Å². The summed E-state index contributed by atoms with van der Waals surface area (Å²) >= 11 is 0. The number of nitriles is 1. The van der Waals surface area contributed by atoms with Crippen molar-refractivity contribution in [3.05, 3.63) is 35.1 Å². The molecule has 1 fully saturated rings. The molecular formula is C16H22FN3. The van der Waals surface area contributed by atoms with Crippen molar-refractivity contribution >= 4 is 0 Å². The Morgan fingerprint density at radius 2 is 2.15 bits per heavy atom. The van der Waals surface area contributed by atoms with E-state index >= 15 is 0 Å². The van der Waals surface area contributed by atoms with E-state index in [-0.39, 0.29) is 5.56 Å². The number of nitrogens with one attached hydrogen (secondary N) is 1. The highest BCUT2D eigenvalue weighted by molar-refractivity contribution is 5.34. The maximum atomic E-state index is 13.4. The molecule has 0 aromatic heterocycles. The van der Waals surface area contributed by atoms with Gasteiger partial charge in [-0.3, -0.25) is 4.90 Å². The molecule has 1 N–H and O–H groups in total. The van der Waals surface area contributed by atoms with Crippen molar-refractivity contribution in [2.45, 2.75) is 38.8 Å². The van der Waals surface area contributed by atoms with Gasteiger partial charge < -0.3 is 5.32 Å². The Morgan fingerprint density at radius 1 is 1.40 bits per heavy atom. The lowest BCUT2D eigenvalue weighted by Gasteiger charge is -2.34. The van der Waals surface area contributed by atoms with Crippen LogP contribution in [-0.4, -0.2) is 30.6 Å². The van der Waals surface area contributed by atoms with E-state index in [2.05, 4.69) is 17.1 Å². The molecule has 4 heteroatoms. The first-order valence-electron chi connectivity index (χ1n) is 7.38. The zero-order valence-electron chi connectivity index (χ0n) is 12.0. The van der Waals surface area contributed by atoms with Crippen molar-refractivity contribution in [2.24, 2.45) is 0 Å². The molecule has 20 heavy (non-hydrogen) atoms. The fourth-order valence-electron chi connectivity index (χ4n) is 2.84. The minimum absolute atomic E-state index is 0.143. The van der Waals surface area contributed by atoms with Crippen LogP contribution in [-0.2, 0) is 6.54 Å². The second-order valence-electron chi connectivity index (χ2n) is 5.38. The molecule has 108 valence electrons. The third-order valence-electron chi connectivity index (χ3n) is 3.87. The molecule has 0 spiro atoms. The lowest BCUT2D eigenvalue weighted by Crippen LogP contribution is -2.43. The van der Waals surface area contributed by atoms with E-state index in [4.69, 9.17) is 5.26 Å². The van der Waals surface area contributed by atoms with Gasteiger partial charge in [0.25, 0.3) is 0 Å². The summed E-state index contributed by atoms with van der Waals surface area (Å²) in [5.41, 5.74) is 1.17. The second kappa shape index (κ2) is 7.37. The third-order valence-corrected chi connectivity index (χ3v) is 3.87. The zero-order valence-corrected chi connectivity index (χ0v) is 12.0. The van der Waals surface area contributed by atoms with Gasteiger partial charge in [0.05, 0.1) is 5.56 Å². The van der Waals surface area contributed by atoms with Crippen LogP contribution < -0.4 is 5.32 Å². The summed E-state index contributed by atoms with van der Waals surface area (Å²) in [6, 6.07) is 7.38. The monoisotopic (exact) mass is 275 g/mol. The minimum Gasteiger partial charge on any atom is -0.317 e. The zero-order chi connectivity index (χ0) is 14.4. The molecule has 0 bridgehead atoms. The predicted molar refractivity (Wildman–Crippen MR) is 77.7 cm³/mol. The van der Waals surface area contributed by atoms with Crippen LogP contribution in [0.4, 0.5) is 4.39 Å². The predicted octanol–water partition coefficient (Wildman–Crippen LogP) is 2.66. The summed E-state index contributed by atoms with van der Waals surface area (Å²) in [4.78, 5) is 2.47. The summed E-state index contributed by atoms with van der Waals surface area (Å²) in [6.45, 7) is 6.16. The second-order valence-corrected chi connectivity index (χ2v) is 5.38. The quantitative estimate of drug-likeness (QED) is 0.898. The van der Waals surface area contributed by atoms with E-state index in [1.165, 1.54) is 6.07 Å². The van der Waals surface area contributed by atoms with Crippen LogP contribution in [0.1, 0.15) is 37.3 Å². The molecule has 0 amide bonds. The molecule has 1 aliphatic rings. The van der Waals surface area contributed by atoms with E-state index < -0.39 is 5.82 Å². The van der Waals surface area contributed by atoms with E-state index in [9.17, 15) is 4.39 Å². The number of piperidine rings is 1. The Morgan fingerprint density at radius 3 is 2.80 bits per heavy atom. The summed E-state index contributed by atoms with van der Waals surface area (Å²) in [5.74, 6) is -0.430. The number of rotatable bonds is 5. The third kappa shape index (κ3) is 3.78. The molecule has 0 saturated carbocycles. The van der Waals surface area contributed by atoms with Gasteiger partial charge in [0, 0.05) is 12.6 Å². The molecule has 1 aromatic rings. The van der Waals surface area contributed by atoms with Crippen LogP contribution in [0.25, 0.3) is 0 Å². The number of halogens is 1. The Bertz CT molecular complexity index is 475. The summed E-state index contributed by atoms with van der Waals surface area (Å²) in [5, 5.41) is 12.3. The van der Waals surface area contributed by atoms with Gasteiger partial charge in [-0.25, -0.2) is 4.39 Å². The van der Waals surface area contributed by atoms with Crippen LogP contribution in [0.5, 0.6) is 0 Å². The first-order valence-corrected chi connectivity index (χ1v) is 7.38. The lowest BCUT2D eigenvalue weighted by atomic mass is 10.0. The highest BCUT2D eigenvalue weighted by Gasteiger charge is 2.20. The number of benzene rings is 1. The standard InChI is InChI=1S/C16H22FN3/c1-2-9-20(15-5-7-19-8-6-15)12-13-3-4-16(17)14(10-13)11-18/h3-4,10,15,19H,2,5-9,12H2,1H3. The van der Waals surface area contributed by atoms with Crippen LogP contribution >= 0.6 is 0 Å². The van der Waals surface area contributed by atoms with E-state index in [0.29, 0.717) is 6.04 Å². The smallest absolute Gasteiger partial charge is 0.140 e. The Labute approximate surface area is 120 Å². The summed E-state index contributed by atoms with van der Waals surface area (Å²) in [7, 11) is 0. The van der Waals surface area contributed by atoms with Crippen LogP contribution in [0.3, 0.4) is 0 Å². The van der Waals surface area contributed by atoms with Gasteiger partial charge >= 0.3 is 0 Å². The Kier molecular flexibility index (Phi) is 5.51. The highest BCUT2D eigenvalue weighted by Crippen LogP contribution is 2.18. The highest BCUT2D eigenvalue weighted by atomic mass is 19.1. The van der Waals surface area contributed by atoms with E-state index in [1.54, 1.807) is 12.1 Å². The molecule has 0 atom stereocenters. The maximum absolute atomic E-state index is 13.4. The van der Waals surface area contributed by atoms with Gasteiger partial charge in [-0.2, -0.15) is 5.26 Å². The normalized spacial score (nSPS) is 16.3. The number of nitrogens with zero attached hydrogens (tertiary/aromatic N) is 2. The fourth-order valence-corrected chi connectivity index (χ4v) is 2.84. The molecule has 0 unspecified atom stereocenters. The SMILES string of the molecule is CCCN(Cc1ccc(F)c(C#N)c1)C1CCNCC1. The average molecular weight is 275 g/mol. The van der Waals surface area contributed by atoms with Crippen LogP contribution in [0, 0.1) is 17.1 Å². The number of hydrogen-bond acceptors (Lipinski definition) is 3. The van der Waals surface area contributed by atoms with Crippen LogP contribution in [0.15, 0.2) is 18.2 Å². The van der Waals surface area contributed by atoms with Crippen molar-refractivity contribution in [3.8, 4) is 6.07 Å². The molecule has 3 nitrogen and oxygen atoms in total. The van der Waals surface area contributed by atoms with Gasteiger partial charge in [0.1, 0.15) is 11.9 Å². The largest absolute Gasteiger partial charge is 0.317 e. The van der Waals surface area contributed by atoms with Gasteiger partial charge in [0.2, 0.25) is 0 Å². The molecule has 0 aliphatic carbocycles. The fraction of sp³-hybridized carbons (Fsp3) is 0.562. The molecule has 1 heterocycles. The average Bonchev–Trinajstić information content (AvgIpc) is 2.49. The molecule has 0 radical (unpaired) electrons. The first-order chi connectivity index (χ1) is 9.74. The molecule has 1 aromatic carbocycles. The molecule has 1 aliphatic heterocycles. The lowest BCUT2D eigenvalue weighted by molar-refractivity contribution is 0.154. The number of hydrogen-bond donors (Lipinski definition) is 1. The van der Waals surface area contributed by atoms with Gasteiger partial charge in [-0.1, -0.05) is 13.0 Å². The van der Waals surface area contributed by atoms with E-state index in [1.807, 2.05) is 6.07 Å². The summed E-state index contributed by atoms with van der Waals surface area (Å²) in [6.07, 6.45) is 3.43. The Balaban J connectivity index is 2.09. The molecular weight excluding hydrogens is 253 g/mol. The minimum atomic E-state index is -0.430. The summed E-state index contributed by atoms with van der Waals surface area (Å²) < 4.78 is 13.4. The van der Waals surface area contributed by atoms with Crippen molar-refractivity contribution in [2.75, 3.05) is 19.6 Å². The van der Waals surface area contributed by atoms with E-state index in [0.717, 1.165) is 51.0 Å². The van der Waals surface area contributed by atoms with Gasteiger partial charge in [0.15, 0.2) is 0 Å². The first kappa shape index (κ1) is 15.0. The van der Waals surface area contributed by atoms with Gasteiger partial charge in [-0.05, 0) is 56.6 Å². The van der Waals surface area contributed by atoms with Crippen molar-refractivity contribution < 1.29 is 4.39 Å². The molecule has 1 saturated heterocycles. The van der Waals surface area contributed by atoms with Crippen molar-refractivity contribution in [1.82, 2.24) is 10.2 Å². The maximum Gasteiger partial charge on any atom is 0.140 e.